The first kappa shape index (κ1) is 16.3. The molecule has 4 rings (SSSR count). The van der Waals surface area contributed by atoms with Gasteiger partial charge in [0.1, 0.15) is 6.10 Å². The molecule has 7 nitrogen and oxygen atoms in total. The van der Waals surface area contributed by atoms with Crippen molar-refractivity contribution >= 4 is 28.3 Å². The molecule has 2 aromatic heterocycles. The van der Waals surface area contributed by atoms with E-state index in [1.807, 2.05) is 50.5 Å². The molecule has 1 aliphatic heterocycles. The number of aromatic nitrogens is 3. The Labute approximate surface area is 150 Å². The lowest BCUT2D eigenvalue weighted by Crippen LogP contribution is -2.34. The maximum absolute atomic E-state index is 12.2. The highest BCUT2D eigenvalue weighted by molar-refractivity contribution is 6.37. The Morgan fingerprint density at radius 3 is 2.96 bits per heavy atom. The zero-order valence-corrected chi connectivity index (χ0v) is 14.7. The van der Waals surface area contributed by atoms with Crippen LogP contribution >= 0.6 is 0 Å². The van der Waals surface area contributed by atoms with E-state index in [1.54, 1.807) is 22.1 Å². The number of carbonyl (C=O) groups is 1. The molecule has 0 spiro atoms. The number of aryl methyl sites for hydroxylation is 1. The molecule has 0 N–H and O–H groups in total. The molecule has 0 radical (unpaired) electrons. The van der Waals surface area contributed by atoms with Crippen LogP contribution in [0.25, 0.3) is 10.9 Å². The van der Waals surface area contributed by atoms with E-state index in [9.17, 15) is 4.79 Å². The van der Waals surface area contributed by atoms with Crippen molar-refractivity contribution in [3.8, 4) is 0 Å². The van der Waals surface area contributed by atoms with Crippen LogP contribution in [0.15, 0.2) is 54.0 Å². The second kappa shape index (κ2) is 6.59. The maximum Gasteiger partial charge on any atom is 0.275 e. The third kappa shape index (κ3) is 3.15. The Morgan fingerprint density at radius 2 is 2.15 bits per heavy atom. The monoisotopic (exact) mass is 349 g/mol. The van der Waals surface area contributed by atoms with Crippen molar-refractivity contribution < 1.29 is 9.53 Å². The average molecular weight is 349 g/mol. The highest BCUT2D eigenvalue weighted by atomic mass is 16.5. The van der Waals surface area contributed by atoms with Crippen LogP contribution in [0.1, 0.15) is 25.0 Å². The molecule has 3 heterocycles. The van der Waals surface area contributed by atoms with E-state index < -0.39 is 0 Å². The SMILES string of the molecule is CC(OC1=NN(c2cnn(C)c2)CCC1=O)c1ccc2ncccc2c1. The molecular formula is C19H19N5O2. The fourth-order valence-electron chi connectivity index (χ4n) is 2.93. The summed E-state index contributed by atoms with van der Waals surface area (Å²) in [5, 5.41) is 11.3. The molecule has 132 valence electrons. The third-order valence-corrected chi connectivity index (χ3v) is 4.37. The fourth-order valence-corrected chi connectivity index (χ4v) is 2.93. The zero-order chi connectivity index (χ0) is 18.1. The van der Waals surface area contributed by atoms with E-state index in [0.29, 0.717) is 13.0 Å². The molecule has 0 saturated heterocycles. The van der Waals surface area contributed by atoms with Gasteiger partial charge in [-0.15, -0.1) is 5.10 Å². The van der Waals surface area contributed by atoms with Crippen molar-refractivity contribution in [3.63, 3.8) is 0 Å². The number of pyridine rings is 1. The summed E-state index contributed by atoms with van der Waals surface area (Å²) < 4.78 is 7.61. The molecular weight excluding hydrogens is 330 g/mol. The van der Waals surface area contributed by atoms with Gasteiger partial charge in [-0.25, -0.2) is 0 Å². The smallest absolute Gasteiger partial charge is 0.275 e. The number of benzene rings is 1. The lowest BCUT2D eigenvalue weighted by atomic mass is 10.1. The first-order valence-corrected chi connectivity index (χ1v) is 8.49. The normalized spacial score (nSPS) is 15.8. The molecule has 1 aliphatic rings. The Hall–Kier alpha value is -3.22. The van der Waals surface area contributed by atoms with Crippen molar-refractivity contribution in [3.05, 3.63) is 54.5 Å². The summed E-state index contributed by atoms with van der Waals surface area (Å²) in [6.45, 7) is 2.43. The number of Topliss-reactive ketones (excluding diaryl/α,β-unsaturated/α-hetero) is 1. The van der Waals surface area contributed by atoms with Gasteiger partial charge in [0.2, 0.25) is 5.78 Å². The first-order valence-electron chi connectivity index (χ1n) is 8.49. The number of ketones is 1. The molecule has 0 amide bonds. The van der Waals surface area contributed by atoms with Gasteiger partial charge >= 0.3 is 0 Å². The van der Waals surface area contributed by atoms with Crippen LogP contribution in [0.5, 0.6) is 0 Å². The Morgan fingerprint density at radius 1 is 1.27 bits per heavy atom. The number of carbonyl (C=O) groups excluding carboxylic acids is 1. The van der Waals surface area contributed by atoms with E-state index in [0.717, 1.165) is 22.2 Å². The Balaban J connectivity index is 1.57. The van der Waals surface area contributed by atoms with Gasteiger partial charge in [-0.2, -0.15) is 5.10 Å². The largest absolute Gasteiger partial charge is 0.466 e. The summed E-state index contributed by atoms with van der Waals surface area (Å²) >= 11 is 0. The standard InChI is InChI=1S/C19H19N5O2/c1-13(14-5-6-17-15(10-14)4-3-8-20-17)26-19-18(25)7-9-24(22-19)16-11-21-23(2)12-16/h3-6,8,10-13H,7,9H2,1-2H3. The molecule has 1 aromatic carbocycles. The highest BCUT2D eigenvalue weighted by Gasteiger charge is 2.25. The van der Waals surface area contributed by atoms with Crippen LogP contribution in [-0.2, 0) is 16.6 Å². The van der Waals surface area contributed by atoms with E-state index in [4.69, 9.17) is 4.74 Å². The minimum absolute atomic E-state index is 0.0838. The van der Waals surface area contributed by atoms with E-state index in [1.165, 1.54) is 0 Å². The first-order chi connectivity index (χ1) is 12.6. The number of hydrogen-bond donors (Lipinski definition) is 0. The second-order valence-electron chi connectivity index (χ2n) is 6.29. The molecule has 0 aliphatic carbocycles. The molecule has 0 fully saturated rings. The molecule has 1 atom stereocenters. The second-order valence-corrected chi connectivity index (χ2v) is 6.29. The maximum atomic E-state index is 12.2. The topological polar surface area (TPSA) is 72.6 Å². The number of ether oxygens (including phenoxy) is 1. The van der Waals surface area contributed by atoms with Crippen molar-refractivity contribution in [1.29, 1.82) is 0 Å². The Kier molecular flexibility index (Phi) is 4.12. The van der Waals surface area contributed by atoms with Crippen LogP contribution in [0.2, 0.25) is 0 Å². The van der Waals surface area contributed by atoms with Crippen LogP contribution in [0, 0.1) is 0 Å². The van der Waals surface area contributed by atoms with Gasteiger partial charge in [-0.05, 0) is 30.7 Å². The van der Waals surface area contributed by atoms with Crippen LogP contribution < -0.4 is 5.01 Å². The molecule has 26 heavy (non-hydrogen) atoms. The number of fused-ring (bicyclic) bond motifs is 1. The number of hydrogen-bond acceptors (Lipinski definition) is 6. The summed E-state index contributed by atoms with van der Waals surface area (Å²) in [6.07, 6.45) is 5.41. The number of hydrazone groups is 1. The van der Waals surface area contributed by atoms with Gasteiger partial charge < -0.3 is 4.74 Å². The van der Waals surface area contributed by atoms with E-state index >= 15 is 0 Å². The van der Waals surface area contributed by atoms with E-state index in [2.05, 4.69) is 15.2 Å². The van der Waals surface area contributed by atoms with Gasteiger partial charge in [0.25, 0.3) is 5.90 Å². The number of anilines is 1. The van der Waals surface area contributed by atoms with Crippen molar-refractivity contribution in [2.24, 2.45) is 12.1 Å². The minimum atomic E-state index is -0.295. The summed E-state index contributed by atoms with van der Waals surface area (Å²) in [4.78, 5) is 16.6. The highest BCUT2D eigenvalue weighted by Crippen LogP contribution is 2.24. The predicted octanol–water partition coefficient (Wildman–Crippen LogP) is 2.84. The molecule has 0 saturated carbocycles. The van der Waals surface area contributed by atoms with Crippen molar-refractivity contribution in [1.82, 2.24) is 14.8 Å². The summed E-state index contributed by atoms with van der Waals surface area (Å²) in [7, 11) is 1.84. The summed E-state index contributed by atoms with van der Waals surface area (Å²) in [6, 6.07) is 9.85. The minimum Gasteiger partial charge on any atom is -0.466 e. The van der Waals surface area contributed by atoms with Crippen LogP contribution in [-0.4, -0.2) is 33.0 Å². The predicted molar refractivity (Wildman–Crippen MR) is 98.9 cm³/mol. The van der Waals surface area contributed by atoms with E-state index in [-0.39, 0.29) is 17.8 Å². The lowest BCUT2D eigenvalue weighted by Gasteiger charge is -2.24. The average Bonchev–Trinajstić information content (AvgIpc) is 3.09. The lowest BCUT2D eigenvalue weighted by molar-refractivity contribution is -0.114. The van der Waals surface area contributed by atoms with Gasteiger partial charge in [0.15, 0.2) is 0 Å². The molecule has 3 aromatic rings. The fraction of sp³-hybridized carbons (Fsp3) is 0.263. The Bertz CT molecular complexity index is 994. The number of rotatable bonds is 3. The van der Waals surface area contributed by atoms with Gasteiger partial charge in [0, 0.05) is 37.8 Å². The van der Waals surface area contributed by atoms with Gasteiger partial charge in [0.05, 0.1) is 17.4 Å². The quantitative estimate of drug-likeness (QED) is 0.727. The van der Waals surface area contributed by atoms with Gasteiger partial charge in [-0.1, -0.05) is 12.1 Å². The van der Waals surface area contributed by atoms with Crippen molar-refractivity contribution in [2.75, 3.05) is 11.6 Å². The number of nitrogens with zero attached hydrogens (tertiary/aromatic N) is 5. The van der Waals surface area contributed by atoms with Gasteiger partial charge in [-0.3, -0.25) is 19.5 Å². The van der Waals surface area contributed by atoms with Crippen LogP contribution in [0.3, 0.4) is 0 Å². The molecule has 0 bridgehead atoms. The summed E-state index contributed by atoms with van der Waals surface area (Å²) in [5.74, 6) is 0.0540. The summed E-state index contributed by atoms with van der Waals surface area (Å²) in [5.41, 5.74) is 2.74. The van der Waals surface area contributed by atoms with Crippen molar-refractivity contribution in [2.45, 2.75) is 19.4 Å². The third-order valence-electron chi connectivity index (χ3n) is 4.37. The zero-order valence-electron chi connectivity index (χ0n) is 14.7. The molecule has 1 unspecified atom stereocenters. The van der Waals surface area contributed by atoms with Crippen LogP contribution in [0.4, 0.5) is 5.69 Å². The molecule has 7 heteroatoms.